The minimum Gasteiger partial charge on any atom is -0.423 e. The van der Waals surface area contributed by atoms with Crippen LogP contribution in [0.2, 0.25) is 0 Å². The molecule has 0 N–H and O–H groups in total. The summed E-state index contributed by atoms with van der Waals surface area (Å²) in [5.41, 5.74) is 0. The predicted molar refractivity (Wildman–Crippen MR) is 99.8 cm³/mol. The molecule has 1 rings (SSSR count). The molecule has 0 atom stereocenters. The molecule has 0 saturated heterocycles. The van der Waals surface area contributed by atoms with E-state index in [9.17, 15) is 9.59 Å². The zero-order valence-corrected chi connectivity index (χ0v) is 15.9. The molecule has 0 bridgehead atoms. The van der Waals surface area contributed by atoms with Gasteiger partial charge in [-0.1, -0.05) is 65.0 Å². The Hall–Kier alpha value is -1.84. The Morgan fingerprint density at radius 3 is 2.00 bits per heavy atom. The van der Waals surface area contributed by atoms with Gasteiger partial charge in [0.1, 0.15) is 0 Å². The van der Waals surface area contributed by atoms with Gasteiger partial charge >= 0.3 is 11.9 Å². The van der Waals surface area contributed by atoms with Crippen LogP contribution in [0.1, 0.15) is 78.6 Å². The summed E-state index contributed by atoms with van der Waals surface area (Å²) in [6, 6.07) is 6.85. The number of rotatable bonds is 12. The molecule has 0 heterocycles. The lowest BCUT2D eigenvalue weighted by Gasteiger charge is -2.14. The van der Waals surface area contributed by atoms with E-state index in [1.54, 1.807) is 24.3 Å². The van der Waals surface area contributed by atoms with Gasteiger partial charge in [0.05, 0.1) is 5.92 Å². The fraction of sp³-hybridized carbons (Fsp3) is 0.619. The molecule has 25 heavy (non-hydrogen) atoms. The Balaban J connectivity index is 2.50. The molecule has 0 aliphatic rings. The molecule has 0 aliphatic heterocycles. The van der Waals surface area contributed by atoms with Gasteiger partial charge in [-0.25, -0.2) is 0 Å². The van der Waals surface area contributed by atoms with Crippen LogP contribution in [0.15, 0.2) is 24.3 Å². The van der Waals surface area contributed by atoms with Crippen molar-refractivity contribution in [2.24, 2.45) is 5.92 Å². The molecule has 0 aliphatic carbocycles. The number of benzene rings is 1. The van der Waals surface area contributed by atoms with E-state index in [0.29, 0.717) is 17.9 Å². The number of carbonyl (C=O) groups is 2. The van der Waals surface area contributed by atoms with E-state index < -0.39 is 0 Å². The molecule has 1 aromatic rings. The highest BCUT2D eigenvalue weighted by Gasteiger charge is 2.19. The third kappa shape index (κ3) is 8.19. The summed E-state index contributed by atoms with van der Waals surface area (Å²) in [7, 11) is 0. The monoisotopic (exact) mass is 348 g/mol. The molecule has 4 nitrogen and oxygen atoms in total. The van der Waals surface area contributed by atoms with Crippen LogP contribution in [0.4, 0.5) is 0 Å². The van der Waals surface area contributed by atoms with Gasteiger partial charge in [0.15, 0.2) is 11.5 Å². The summed E-state index contributed by atoms with van der Waals surface area (Å²) in [5, 5.41) is 0. The molecule has 0 aromatic heterocycles. The van der Waals surface area contributed by atoms with Crippen molar-refractivity contribution in [1.29, 1.82) is 0 Å². The van der Waals surface area contributed by atoms with E-state index in [2.05, 4.69) is 6.92 Å². The second kappa shape index (κ2) is 12.5. The molecule has 0 unspecified atom stereocenters. The van der Waals surface area contributed by atoms with Crippen molar-refractivity contribution in [3.05, 3.63) is 24.3 Å². The summed E-state index contributed by atoms with van der Waals surface area (Å²) >= 11 is 0. The number of para-hydroxylation sites is 2. The molecule has 0 fully saturated rings. The third-order valence-electron chi connectivity index (χ3n) is 4.34. The van der Waals surface area contributed by atoms with Crippen LogP contribution >= 0.6 is 0 Å². The zero-order valence-electron chi connectivity index (χ0n) is 15.9. The van der Waals surface area contributed by atoms with E-state index in [0.717, 1.165) is 32.1 Å². The Morgan fingerprint density at radius 1 is 0.840 bits per heavy atom. The Kier molecular flexibility index (Phi) is 10.6. The molecule has 0 saturated carbocycles. The predicted octanol–water partition coefficient (Wildman–Crippen LogP) is 5.68. The average molecular weight is 348 g/mol. The van der Waals surface area contributed by atoms with Crippen LogP contribution in [0.25, 0.3) is 0 Å². The summed E-state index contributed by atoms with van der Waals surface area (Å²) in [6.07, 6.45) is 8.57. The first-order valence-corrected chi connectivity index (χ1v) is 9.63. The number of unbranched alkanes of at least 4 members (excludes halogenated alkanes) is 5. The fourth-order valence-electron chi connectivity index (χ4n) is 2.66. The zero-order chi connectivity index (χ0) is 18.5. The first-order valence-electron chi connectivity index (χ1n) is 9.63. The molecule has 4 heteroatoms. The van der Waals surface area contributed by atoms with Crippen LogP contribution in [-0.4, -0.2) is 11.9 Å². The van der Waals surface area contributed by atoms with Crippen molar-refractivity contribution < 1.29 is 19.1 Å². The maximum Gasteiger partial charge on any atom is 0.314 e. The molecule has 140 valence electrons. The summed E-state index contributed by atoms with van der Waals surface area (Å²) in [6.45, 7) is 6.11. The van der Waals surface area contributed by atoms with E-state index in [1.165, 1.54) is 19.3 Å². The van der Waals surface area contributed by atoms with Gasteiger partial charge in [0, 0.05) is 6.42 Å². The minimum absolute atomic E-state index is 0.133. The summed E-state index contributed by atoms with van der Waals surface area (Å²) in [5.74, 6) is -0.0497. The lowest BCUT2D eigenvalue weighted by atomic mass is 10.0. The normalized spacial score (nSPS) is 10.7. The van der Waals surface area contributed by atoms with Gasteiger partial charge in [0.2, 0.25) is 0 Å². The van der Waals surface area contributed by atoms with Gasteiger partial charge < -0.3 is 9.47 Å². The van der Waals surface area contributed by atoms with E-state index in [4.69, 9.17) is 9.47 Å². The van der Waals surface area contributed by atoms with Crippen LogP contribution in [0.3, 0.4) is 0 Å². The lowest BCUT2D eigenvalue weighted by Crippen LogP contribution is -2.20. The van der Waals surface area contributed by atoms with Crippen molar-refractivity contribution >= 4 is 11.9 Å². The minimum atomic E-state index is -0.276. The van der Waals surface area contributed by atoms with Gasteiger partial charge in [-0.3, -0.25) is 9.59 Å². The Bertz CT molecular complexity index is 520. The topological polar surface area (TPSA) is 52.6 Å². The van der Waals surface area contributed by atoms with Crippen molar-refractivity contribution in [2.45, 2.75) is 78.6 Å². The first-order chi connectivity index (χ1) is 12.1. The fourth-order valence-corrected chi connectivity index (χ4v) is 2.66. The molecule has 0 radical (unpaired) electrons. The van der Waals surface area contributed by atoms with Crippen molar-refractivity contribution in [2.75, 3.05) is 0 Å². The maximum atomic E-state index is 12.1. The first kappa shape index (κ1) is 21.2. The number of esters is 2. The maximum absolute atomic E-state index is 12.1. The third-order valence-corrected chi connectivity index (χ3v) is 4.34. The number of hydrogen-bond acceptors (Lipinski definition) is 4. The highest BCUT2D eigenvalue weighted by molar-refractivity contribution is 5.77. The van der Waals surface area contributed by atoms with Crippen LogP contribution in [0.5, 0.6) is 11.5 Å². The van der Waals surface area contributed by atoms with Gasteiger partial charge in [0.25, 0.3) is 0 Å². The van der Waals surface area contributed by atoms with E-state index >= 15 is 0 Å². The number of ether oxygens (including phenoxy) is 2. The number of carbonyl (C=O) groups excluding carboxylic acids is 2. The largest absolute Gasteiger partial charge is 0.423 e. The Morgan fingerprint density at radius 2 is 1.40 bits per heavy atom. The van der Waals surface area contributed by atoms with Gasteiger partial charge in [-0.15, -0.1) is 0 Å². The quantitative estimate of drug-likeness (QED) is 0.277. The lowest BCUT2D eigenvalue weighted by molar-refractivity contribution is -0.140. The molecular formula is C21H32O4. The summed E-state index contributed by atoms with van der Waals surface area (Å²) in [4.78, 5) is 24.2. The van der Waals surface area contributed by atoms with E-state index in [1.807, 2.05) is 13.8 Å². The average Bonchev–Trinajstić information content (AvgIpc) is 2.61. The standard InChI is InChI=1S/C21H32O4/c1-4-7-8-9-10-11-16-20(22)24-18-14-12-13-15-19(18)25-21(23)17(5-2)6-3/h12-15,17H,4-11,16H2,1-3H3. The van der Waals surface area contributed by atoms with Crippen molar-refractivity contribution in [3.63, 3.8) is 0 Å². The smallest absolute Gasteiger partial charge is 0.314 e. The van der Waals surface area contributed by atoms with Crippen LogP contribution < -0.4 is 9.47 Å². The molecular weight excluding hydrogens is 316 g/mol. The highest BCUT2D eigenvalue weighted by atomic mass is 16.6. The van der Waals surface area contributed by atoms with Crippen molar-refractivity contribution in [3.8, 4) is 11.5 Å². The molecule has 0 spiro atoms. The van der Waals surface area contributed by atoms with Gasteiger partial charge in [-0.05, 0) is 31.4 Å². The molecule has 1 aromatic carbocycles. The van der Waals surface area contributed by atoms with Crippen molar-refractivity contribution in [1.82, 2.24) is 0 Å². The number of hydrogen-bond donors (Lipinski definition) is 0. The van der Waals surface area contributed by atoms with Crippen LogP contribution in [0, 0.1) is 5.92 Å². The molecule has 0 amide bonds. The van der Waals surface area contributed by atoms with E-state index in [-0.39, 0.29) is 17.9 Å². The SMILES string of the molecule is CCCCCCCCC(=O)Oc1ccccc1OC(=O)C(CC)CC. The highest BCUT2D eigenvalue weighted by Crippen LogP contribution is 2.28. The van der Waals surface area contributed by atoms with Crippen LogP contribution in [-0.2, 0) is 9.59 Å². The Labute approximate surface area is 151 Å². The van der Waals surface area contributed by atoms with Gasteiger partial charge in [-0.2, -0.15) is 0 Å². The second-order valence-corrected chi connectivity index (χ2v) is 6.37. The second-order valence-electron chi connectivity index (χ2n) is 6.37. The summed E-state index contributed by atoms with van der Waals surface area (Å²) < 4.78 is 10.8.